The lowest BCUT2D eigenvalue weighted by Crippen LogP contribution is -2.48. The minimum absolute atomic E-state index is 0.0678. The summed E-state index contributed by atoms with van der Waals surface area (Å²) in [6, 6.07) is 8.47. The van der Waals surface area contributed by atoms with Crippen LogP contribution in [0.25, 0.3) is 6.08 Å². The maximum absolute atomic E-state index is 12.8. The fourth-order valence-corrected chi connectivity index (χ4v) is 3.49. The van der Waals surface area contributed by atoms with E-state index in [1.807, 2.05) is 0 Å². The molecule has 1 aromatic rings. The molecule has 0 heterocycles. The fraction of sp³-hybridized carbons (Fsp3) is 0.500. The Hall–Kier alpha value is -1.37. The molecule has 0 amide bonds. The largest absolute Gasteiger partial charge is 0.294 e. The predicted octanol–water partition coefficient (Wildman–Crippen LogP) is 4.27. The van der Waals surface area contributed by atoms with Crippen molar-refractivity contribution in [1.29, 1.82) is 0 Å². The van der Waals surface area contributed by atoms with Gasteiger partial charge in [-0.05, 0) is 47.0 Å². The molecular formula is C18H22O. The van der Waals surface area contributed by atoms with Gasteiger partial charge in [0.15, 0.2) is 5.78 Å². The molecule has 0 aromatic heterocycles. The maximum atomic E-state index is 12.8. The van der Waals surface area contributed by atoms with E-state index < -0.39 is 0 Å². The van der Waals surface area contributed by atoms with Gasteiger partial charge in [0, 0.05) is 5.41 Å². The van der Waals surface area contributed by atoms with Crippen molar-refractivity contribution in [2.75, 3.05) is 0 Å². The molecule has 1 nitrogen and oxygen atoms in total. The maximum Gasteiger partial charge on any atom is 0.165 e. The van der Waals surface area contributed by atoms with Gasteiger partial charge in [0.05, 0.1) is 0 Å². The second-order valence-corrected chi connectivity index (χ2v) is 7.24. The molecule has 1 saturated carbocycles. The number of Topliss-reactive ketones (excluding diaryl/α,β-unsaturated/α-hetero) is 1. The van der Waals surface area contributed by atoms with E-state index >= 15 is 0 Å². The first-order chi connectivity index (χ1) is 8.83. The molecule has 19 heavy (non-hydrogen) atoms. The summed E-state index contributed by atoms with van der Waals surface area (Å²) >= 11 is 0. The highest BCUT2D eigenvalue weighted by molar-refractivity contribution is 6.05. The van der Waals surface area contributed by atoms with E-state index in [1.54, 1.807) is 0 Å². The molecule has 100 valence electrons. The van der Waals surface area contributed by atoms with E-state index in [0.717, 1.165) is 18.4 Å². The van der Waals surface area contributed by atoms with E-state index in [1.165, 1.54) is 11.1 Å². The number of ketones is 1. The van der Waals surface area contributed by atoms with Gasteiger partial charge in [-0.15, -0.1) is 0 Å². The number of carbonyl (C=O) groups is 1. The molecule has 1 fully saturated rings. The zero-order chi connectivity index (χ0) is 13.8. The predicted molar refractivity (Wildman–Crippen MR) is 78.8 cm³/mol. The van der Waals surface area contributed by atoms with Crippen molar-refractivity contribution >= 4 is 11.9 Å². The topological polar surface area (TPSA) is 17.1 Å². The molecule has 0 saturated heterocycles. The summed E-state index contributed by atoms with van der Waals surface area (Å²) < 4.78 is 0. The van der Waals surface area contributed by atoms with E-state index in [9.17, 15) is 4.79 Å². The molecule has 2 aliphatic rings. The van der Waals surface area contributed by atoms with Crippen LogP contribution in [-0.2, 0) is 11.2 Å². The lowest BCUT2D eigenvalue weighted by Gasteiger charge is -2.49. The first-order valence-corrected chi connectivity index (χ1v) is 7.17. The van der Waals surface area contributed by atoms with Crippen molar-refractivity contribution in [3.63, 3.8) is 0 Å². The smallest absolute Gasteiger partial charge is 0.165 e. The van der Waals surface area contributed by atoms with Crippen LogP contribution in [0, 0.1) is 16.7 Å². The summed E-state index contributed by atoms with van der Waals surface area (Å²) in [5.41, 5.74) is 3.49. The van der Waals surface area contributed by atoms with Crippen molar-refractivity contribution in [2.45, 2.75) is 40.5 Å². The average Bonchev–Trinajstić information content (AvgIpc) is 2.35. The summed E-state index contributed by atoms with van der Waals surface area (Å²) in [7, 11) is 0. The summed E-state index contributed by atoms with van der Waals surface area (Å²) in [6.07, 6.45) is 4.27. The molecule has 1 atom stereocenters. The van der Waals surface area contributed by atoms with Crippen LogP contribution in [0.4, 0.5) is 0 Å². The Morgan fingerprint density at radius 3 is 2.53 bits per heavy atom. The van der Waals surface area contributed by atoms with Gasteiger partial charge < -0.3 is 0 Å². The minimum atomic E-state index is -0.262. The lowest BCUT2D eigenvalue weighted by atomic mass is 9.53. The third kappa shape index (κ3) is 1.71. The van der Waals surface area contributed by atoms with Gasteiger partial charge in [-0.25, -0.2) is 0 Å². The van der Waals surface area contributed by atoms with Crippen molar-refractivity contribution in [2.24, 2.45) is 16.7 Å². The van der Waals surface area contributed by atoms with Crippen LogP contribution in [0.15, 0.2) is 29.8 Å². The molecule has 0 bridgehead atoms. The van der Waals surface area contributed by atoms with Gasteiger partial charge in [0.2, 0.25) is 0 Å². The van der Waals surface area contributed by atoms with Crippen LogP contribution in [0.2, 0.25) is 0 Å². The molecule has 0 spiro atoms. The van der Waals surface area contributed by atoms with Gasteiger partial charge in [-0.2, -0.15) is 0 Å². The van der Waals surface area contributed by atoms with Gasteiger partial charge in [-0.1, -0.05) is 52.0 Å². The first-order valence-electron chi connectivity index (χ1n) is 7.17. The van der Waals surface area contributed by atoms with Crippen molar-refractivity contribution in [3.8, 4) is 0 Å². The number of allylic oxidation sites excluding steroid dienone is 1. The van der Waals surface area contributed by atoms with Crippen LogP contribution < -0.4 is 0 Å². The number of rotatable bonds is 0. The third-order valence-corrected chi connectivity index (χ3v) is 5.55. The molecular weight excluding hydrogens is 232 g/mol. The number of fused-ring (bicyclic) bond motifs is 2. The third-order valence-electron chi connectivity index (χ3n) is 5.55. The number of benzene rings is 1. The van der Waals surface area contributed by atoms with Gasteiger partial charge in [0.1, 0.15) is 0 Å². The highest BCUT2D eigenvalue weighted by Crippen LogP contribution is 2.53. The molecule has 0 aliphatic heterocycles. The van der Waals surface area contributed by atoms with Crippen LogP contribution in [0.3, 0.4) is 0 Å². The Balaban J connectivity index is 2.11. The van der Waals surface area contributed by atoms with Crippen LogP contribution in [0.1, 0.15) is 45.2 Å². The molecule has 1 unspecified atom stereocenters. The number of carbonyl (C=O) groups excluding carboxylic acids is 1. The summed E-state index contributed by atoms with van der Waals surface area (Å²) in [5, 5.41) is 0. The molecule has 2 aliphatic carbocycles. The Kier molecular flexibility index (Phi) is 2.54. The van der Waals surface area contributed by atoms with E-state index in [-0.39, 0.29) is 10.8 Å². The number of hydrogen-bond donors (Lipinski definition) is 0. The Morgan fingerprint density at radius 2 is 1.79 bits per heavy atom. The second kappa shape index (κ2) is 3.82. The highest BCUT2D eigenvalue weighted by atomic mass is 16.1. The lowest BCUT2D eigenvalue weighted by molar-refractivity contribution is -0.133. The molecule has 0 N–H and O–H groups in total. The van der Waals surface area contributed by atoms with Gasteiger partial charge in [-0.3, -0.25) is 4.79 Å². The summed E-state index contributed by atoms with van der Waals surface area (Å²) in [6.45, 7) is 8.68. The first kappa shape index (κ1) is 12.7. The Bertz CT molecular complexity index is 575. The normalized spacial score (nSPS) is 27.3. The molecule has 1 aromatic carbocycles. The summed E-state index contributed by atoms with van der Waals surface area (Å²) in [5.74, 6) is 0.758. The average molecular weight is 254 g/mol. The van der Waals surface area contributed by atoms with Gasteiger partial charge >= 0.3 is 0 Å². The van der Waals surface area contributed by atoms with E-state index in [0.29, 0.717) is 11.7 Å². The Labute approximate surface area is 115 Å². The molecule has 3 rings (SSSR count). The van der Waals surface area contributed by atoms with Crippen molar-refractivity contribution in [1.82, 2.24) is 0 Å². The zero-order valence-electron chi connectivity index (χ0n) is 12.3. The molecule has 0 radical (unpaired) electrons. The Morgan fingerprint density at radius 1 is 1.11 bits per heavy atom. The monoisotopic (exact) mass is 254 g/mol. The standard InChI is InChI=1S/C18H22O/c1-17(2)11-14-9-12-7-5-6-8-13(12)10-15(14)16(19)18(17,3)4/h5-8,10,14H,9,11H2,1-4H3. The molecule has 1 heteroatoms. The minimum Gasteiger partial charge on any atom is -0.294 e. The van der Waals surface area contributed by atoms with Crippen molar-refractivity contribution in [3.05, 3.63) is 41.0 Å². The van der Waals surface area contributed by atoms with E-state index in [4.69, 9.17) is 0 Å². The fourth-order valence-electron chi connectivity index (χ4n) is 3.49. The quantitative estimate of drug-likeness (QED) is 0.676. The van der Waals surface area contributed by atoms with Crippen molar-refractivity contribution < 1.29 is 4.79 Å². The van der Waals surface area contributed by atoms with E-state index in [2.05, 4.69) is 58.0 Å². The van der Waals surface area contributed by atoms with Crippen LogP contribution >= 0.6 is 0 Å². The SMILES string of the molecule is CC1(C)CC2Cc3ccccc3C=C2C(=O)C1(C)C. The van der Waals surface area contributed by atoms with Crippen LogP contribution in [-0.4, -0.2) is 5.78 Å². The number of hydrogen-bond acceptors (Lipinski definition) is 1. The highest BCUT2D eigenvalue weighted by Gasteiger charge is 2.51. The summed E-state index contributed by atoms with van der Waals surface area (Å²) in [4.78, 5) is 12.8. The van der Waals surface area contributed by atoms with Gasteiger partial charge in [0.25, 0.3) is 0 Å². The zero-order valence-corrected chi connectivity index (χ0v) is 12.3. The second-order valence-electron chi connectivity index (χ2n) is 7.24. The van der Waals surface area contributed by atoms with Crippen LogP contribution in [0.5, 0.6) is 0 Å².